The van der Waals surface area contributed by atoms with Crippen LogP contribution in [0, 0.1) is 6.92 Å². The molecule has 1 atom stereocenters. The average molecular weight is 291 g/mol. The number of fused-ring (bicyclic) bond motifs is 1. The van der Waals surface area contributed by atoms with Gasteiger partial charge < -0.3 is 5.32 Å². The van der Waals surface area contributed by atoms with Gasteiger partial charge in [0.1, 0.15) is 0 Å². The maximum atomic E-state index is 3.49. The lowest BCUT2D eigenvalue weighted by atomic mass is 10.1. The van der Waals surface area contributed by atoms with E-state index in [0.29, 0.717) is 6.04 Å². The fourth-order valence-corrected chi connectivity index (χ4v) is 5.05. The zero-order valence-corrected chi connectivity index (χ0v) is 13.3. The molecule has 3 rings (SSSR count). The summed E-state index contributed by atoms with van der Waals surface area (Å²) in [5, 5.41) is 5.78. The third kappa shape index (κ3) is 2.78. The smallest absolute Gasteiger partial charge is 0.0677 e. The first kappa shape index (κ1) is 13.3. The quantitative estimate of drug-likeness (QED) is 0.809. The van der Waals surface area contributed by atoms with Gasteiger partial charge in [0, 0.05) is 14.6 Å². The fraction of sp³-hybridized carbons (Fsp3) is 0.500. The number of thiophene rings is 2. The summed E-state index contributed by atoms with van der Waals surface area (Å²) in [4.78, 5) is 4.53. The van der Waals surface area contributed by atoms with Crippen molar-refractivity contribution in [2.24, 2.45) is 0 Å². The summed E-state index contributed by atoms with van der Waals surface area (Å²) in [6.45, 7) is 2.19. The van der Waals surface area contributed by atoms with Crippen LogP contribution < -0.4 is 5.32 Å². The lowest BCUT2D eigenvalue weighted by Gasteiger charge is -2.12. The van der Waals surface area contributed by atoms with Crippen molar-refractivity contribution < 1.29 is 0 Å². The molecule has 19 heavy (non-hydrogen) atoms. The van der Waals surface area contributed by atoms with Crippen LogP contribution in [0.3, 0.4) is 0 Å². The topological polar surface area (TPSA) is 12.0 Å². The van der Waals surface area contributed by atoms with Gasteiger partial charge in [-0.1, -0.05) is 6.42 Å². The first-order valence-electron chi connectivity index (χ1n) is 7.11. The lowest BCUT2D eigenvalue weighted by molar-refractivity contribution is 0.700. The molecule has 1 aliphatic rings. The minimum atomic E-state index is 0.377. The summed E-state index contributed by atoms with van der Waals surface area (Å²) in [6.07, 6.45) is 6.71. The van der Waals surface area contributed by atoms with E-state index >= 15 is 0 Å². The van der Waals surface area contributed by atoms with Crippen LogP contribution in [-0.4, -0.2) is 7.05 Å². The molecule has 0 aliphatic heterocycles. The van der Waals surface area contributed by atoms with Crippen molar-refractivity contribution in [1.29, 1.82) is 0 Å². The second-order valence-electron chi connectivity index (χ2n) is 5.37. The third-order valence-electron chi connectivity index (χ3n) is 3.92. The standard InChI is InChI=1S/C16H21NS2/c1-11-8-13(10-18-11)16(17-2)15-9-12-6-4-3-5-7-14(12)19-15/h8-10,16-17H,3-7H2,1-2H3. The highest BCUT2D eigenvalue weighted by molar-refractivity contribution is 7.12. The van der Waals surface area contributed by atoms with Crippen LogP contribution in [-0.2, 0) is 12.8 Å². The van der Waals surface area contributed by atoms with E-state index in [1.54, 1.807) is 10.4 Å². The average Bonchev–Trinajstić information content (AvgIpc) is 2.93. The maximum absolute atomic E-state index is 3.49. The molecule has 0 bridgehead atoms. The van der Waals surface area contributed by atoms with Gasteiger partial charge in [0.15, 0.2) is 0 Å². The second-order valence-corrected chi connectivity index (χ2v) is 7.65. The Hall–Kier alpha value is -0.640. The molecular weight excluding hydrogens is 270 g/mol. The Bertz CT molecular complexity index is 529. The molecule has 1 unspecified atom stereocenters. The highest BCUT2D eigenvalue weighted by Gasteiger charge is 2.19. The van der Waals surface area contributed by atoms with Crippen molar-refractivity contribution in [2.75, 3.05) is 7.05 Å². The van der Waals surface area contributed by atoms with Crippen LogP contribution in [0.15, 0.2) is 17.5 Å². The van der Waals surface area contributed by atoms with Crippen molar-refractivity contribution in [3.63, 3.8) is 0 Å². The molecule has 1 N–H and O–H groups in total. The first-order chi connectivity index (χ1) is 9.28. The van der Waals surface area contributed by atoms with Crippen LogP contribution in [0.1, 0.15) is 51.1 Å². The predicted octanol–water partition coefficient (Wildman–Crippen LogP) is 4.70. The van der Waals surface area contributed by atoms with Crippen molar-refractivity contribution in [2.45, 2.75) is 45.1 Å². The van der Waals surface area contributed by atoms with E-state index in [-0.39, 0.29) is 0 Å². The lowest BCUT2D eigenvalue weighted by Crippen LogP contribution is -2.15. The number of rotatable bonds is 3. The van der Waals surface area contributed by atoms with Crippen molar-refractivity contribution in [3.05, 3.63) is 43.3 Å². The van der Waals surface area contributed by atoms with Gasteiger partial charge in [-0.3, -0.25) is 0 Å². The normalized spacial score (nSPS) is 16.9. The van der Waals surface area contributed by atoms with E-state index in [2.05, 4.69) is 36.8 Å². The van der Waals surface area contributed by atoms with Gasteiger partial charge in [-0.05, 0) is 68.3 Å². The number of hydrogen-bond acceptors (Lipinski definition) is 3. The molecule has 1 nitrogen and oxygen atoms in total. The summed E-state index contributed by atoms with van der Waals surface area (Å²) in [6, 6.07) is 5.15. The minimum absolute atomic E-state index is 0.377. The number of nitrogens with one attached hydrogen (secondary N) is 1. The Morgan fingerprint density at radius 1 is 1.16 bits per heavy atom. The molecule has 0 radical (unpaired) electrons. The molecule has 2 aromatic heterocycles. The molecule has 2 aromatic rings. The van der Waals surface area contributed by atoms with Gasteiger partial charge >= 0.3 is 0 Å². The van der Waals surface area contributed by atoms with Gasteiger partial charge in [0.25, 0.3) is 0 Å². The van der Waals surface area contributed by atoms with E-state index in [9.17, 15) is 0 Å². The van der Waals surface area contributed by atoms with Crippen LogP contribution in [0.4, 0.5) is 0 Å². The molecule has 3 heteroatoms. The predicted molar refractivity (Wildman–Crippen MR) is 85.5 cm³/mol. The largest absolute Gasteiger partial charge is 0.309 e. The number of hydrogen-bond donors (Lipinski definition) is 1. The van der Waals surface area contributed by atoms with E-state index < -0.39 is 0 Å². The van der Waals surface area contributed by atoms with Crippen molar-refractivity contribution >= 4 is 22.7 Å². The molecule has 0 saturated carbocycles. The van der Waals surface area contributed by atoms with Crippen molar-refractivity contribution in [3.8, 4) is 0 Å². The van der Waals surface area contributed by atoms with Gasteiger partial charge in [-0.2, -0.15) is 0 Å². The molecule has 1 aliphatic carbocycles. The van der Waals surface area contributed by atoms with Gasteiger partial charge in [-0.25, -0.2) is 0 Å². The Morgan fingerprint density at radius 3 is 2.74 bits per heavy atom. The van der Waals surface area contributed by atoms with Crippen LogP contribution >= 0.6 is 22.7 Å². The zero-order valence-electron chi connectivity index (χ0n) is 11.7. The fourth-order valence-electron chi connectivity index (χ4n) is 2.92. The summed E-state index contributed by atoms with van der Waals surface area (Å²) in [7, 11) is 2.07. The monoisotopic (exact) mass is 291 g/mol. The maximum Gasteiger partial charge on any atom is 0.0677 e. The van der Waals surface area contributed by atoms with Crippen LogP contribution in [0.2, 0.25) is 0 Å². The van der Waals surface area contributed by atoms with Gasteiger partial charge in [-0.15, -0.1) is 22.7 Å². The summed E-state index contributed by atoms with van der Waals surface area (Å²) in [5.74, 6) is 0. The Morgan fingerprint density at radius 2 is 2.00 bits per heavy atom. The first-order valence-corrected chi connectivity index (χ1v) is 8.81. The zero-order chi connectivity index (χ0) is 13.2. The Labute approximate surface area is 123 Å². The minimum Gasteiger partial charge on any atom is -0.309 e. The molecule has 0 amide bonds. The van der Waals surface area contributed by atoms with Gasteiger partial charge in [0.05, 0.1) is 6.04 Å². The molecule has 0 spiro atoms. The molecular formula is C16H21NS2. The van der Waals surface area contributed by atoms with E-state index in [1.807, 2.05) is 22.7 Å². The highest BCUT2D eigenvalue weighted by atomic mass is 32.1. The SMILES string of the molecule is CNC(c1csc(C)c1)c1cc2c(s1)CCCCC2. The summed E-state index contributed by atoms with van der Waals surface area (Å²) in [5.41, 5.74) is 3.03. The molecule has 0 saturated heterocycles. The molecule has 0 aromatic carbocycles. The highest BCUT2D eigenvalue weighted by Crippen LogP contribution is 2.35. The van der Waals surface area contributed by atoms with E-state index in [1.165, 1.54) is 47.4 Å². The van der Waals surface area contributed by atoms with E-state index in [4.69, 9.17) is 0 Å². The van der Waals surface area contributed by atoms with Gasteiger partial charge in [0.2, 0.25) is 0 Å². The van der Waals surface area contributed by atoms with E-state index in [0.717, 1.165) is 0 Å². The van der Waals surface area contributed by atoms with Crippen LogP contribution in [0.25, 0.3) is 0 Å². The summed E-state index contributed by atoms with van der Waals surface area (Å²) >= 11 is 3.87. The van der Waals surface area contributed by atoms with Crippen LogP contribution in [0.5, 0.6) is 0 Å². The molecule has 102 valence electrons. The Kier molecular flexibility index (Phi) is 4.06. The second kappa shape index (κ2) is 5.78. The summed E-state index contributed by atoms with van der Waals surface area (Å²) < 4.78 is 0. The van der Waals surface area contributed by atoms with Crippen molar-refractivity contribution in [1.82, 2.24) is 5.32 Å². The molecule has 2 heterocycles. The molecule has 0 fully saturated rings. The number of aryl methyl sites for hydroxylation is 3. The third-order valence-corrected chi connectivity index (χ3v) is 6.10. The Balaban J connectivity index is 1.91.